The number of nitrogens with zero attached hydrogens (tertiary/aromatic N) is 3. The van der Waals surface area contributed by atoms with Crippen molar-refractivity contribution < 1.29 is 8.22 Å². The molecule has 5 heteroatoms. The van der Waals surface area contributed by atoms with Crippen molar-refractivity contribution in [1.82, 2.24) is 15.0 Å². The highest BCUT2D eigenvalue weighted by Gasteiger charge is 2.19. The molecule has 0 amide bonds. The summed E-state index contributed by atoms with van der Waals surface area (Å²) in [7, 11) is 0. The molecule has 3 heterocycles. The molecule has 0 bridgehead atoms. The van der Waals surface area contributed by atoms with Crippen LogP contribution in [0.5, 0.6) is 0 Å². The zero-order valence-electron chi connectivity index (χ0n) is 29.0. The molecule has 9 rings (SSSR count). The highest BCUT2D eigenvalue weighted by Crippen LogP contribution is 2.42. The van der Waals surface area contributed by atoms with E-state index in [1.807, 2.05) is 78.9 Å². The summed E-state index contributed by atoms with van der Waals surface area (Å²) in [6.45, 7) is 0. The summed E-state index contributed by atoms with van der Waals surface area (Å²) in [6.07, 6.45) is 0. The number of benzene rings is 6. The molecule has 0 fully saturated rings. The van der Waals surface area contributed by atoms with Crippen LogP contribution in [0.3, 0.4) is 0 Å². The largest absolute Gasteiger partial charge is 0.208 e. The van der Waals surface area contributed by atoms with Crippen molar-refractivity contribution in [2.75, 3.05) is 0 Å². The van der Waals surface area contributed by atoms with Crippen molar-refractivity contribution in [3.63, 3.8) is 0 Å². The maximum atomic E-state index is 9.35. The Labute approximate surface area is 270 Å². The van der Waals surface area contributed by atoms with E-state index in [0.717, 1.165) is 40.3 Å². The Balaban J connectivity index is 1.39. The molecule has 0 spiro atoms. The van der Waals surface area contributed by atoms with Gasteiger partial charge in [0, 0.05) is 57.0 Å². The average molecular weight is 604 g/mol. The van der Waals surface area contributed by atoms with Crippen LogP contribution in [-0.4, -0.2) is 15.0 Å². The van der Waals surface area contributed by atoms with Crippen LogP contribution >= 0.6 is 22.7 Å². The molecule has 9 aromatic rings. The minimum atomic E-state index is -0.325. The second-order valence-electron chi connectivity index (χ2n) is 10.3. The monoisotopic (exact) mass is 603 g/mol. The number of aromatic nitrogens is 3. The Morgan fingerprint density at radius 2 is 0.955 bits per heavy atom. The summed E-state index contributed by atoms with van der Waals surface area (Å²) < 4.78 is 57.2. The van der Waals surface area contributed by atoms with E-state index in [-0.39, 0.29) is 41.1 Å². The van der Waals surface area contributed by atoms with Gasteiger partial charge < -0.3 is 0 Å². The van der Waals surface area contributed by atoms with Crippen LogP contribution in [0, 0.1) is 0 Å². The molecule has 0 unspecified atom stereocenters. The van der Waals surface area contributed by atoms with Gasteiger partial charge in [-0.3, -0.25) is 0 Å². The van der Waals surface area contributed by atoms with E-state index in [4.69, 9.17) is 21.8 Å². The Bertz CT molecular complexity index is 2710. The Morgan fingerprint density at radius 3 is 1.57 bits per heavy atom. The van der Waals surface area contributed by atoms with Gasteiger partial charge in [-0.25, -0.2) is 15.0 Å². The van der Waals surface area contributed by atoms with E-state index >= 15 is 0 Å². The maximum Gasteiger partial charge on any atom is 0.165 e. The molecule has 0 aliphatic carbocycles. The van der Waals surface area contributed by atoms with Gasteiger partial charge in [0.15, 0.2) is 17.5 Å². The van der Waals surface area contributed by atoms with Gasteiger partial charge in [0.25, 0.3) is 0 Å². The van der Waals surface area contributed by atoms with E-state index in [0.29, 0.717) is 40.4 Å². The lowest BCUT2D eigenvalue weighted by atomic mass is 10.0. The fourth-order valence-electron chi connectivity index (χ4n) is 5.61. The molecule has 6 aromatic carbocycles. The van der Waals surface area contributed by atoms with Crippen molar-refractivity contribution >= 4 is 63.0 Å². The number of hydrogen-bond acceptors (Lipinski definition) is 5. The molecule has 0 saturated carbocycles. The van der Waals surface area contributed by atoms with Crippen molar-refractivity contribution in [3.8, 4) is 45.3 Å². The molecule has 0 radical (unpaired) electrons. The van der Waals surface area contributed by atoms with E-state index in [9.17, 15) is 1.37 Å². The van der Waals surface area contributed by atoms with Crippen molar-refractivity contribution in [3.05, 3.63) is 139 Å². The topological polar surface area (TPSA) is 38.7 Å². The van der Waals surface area contributed by atoms with Crippen LogP contribution in [-0.2, 0) is 0 Å². The first-order valence-electron chi connectivity index (χ1n) is 17.0. The van der Waals surface area contributed by atoms with E-state index in [1.165, 1.54) is 0 Å². The summed E-state index contributed by atoms with van der Waals surface area (Å²) >= 11 is 3.09. The van der Waals surface area contributed by atoms with E-state index in [1.54, 1.807) is 46.9 Å². The van der Waals surface area contributed by atoms with Gasteiger partial charge in [0.2, 0.25) is 0 Å². The van der Waals surface area contributed by atoms with Crippen LogP contribution in [0.4, 0.5) is 0 Å². The van der Waals surface area contributed by atoms with Crippen LogP contribution < -0.4 is 0 Å². The lowest BCUT2D eigenvalue weighted by Gasteiger charge is -2.11. The third kappa shape index (κ3) is 4.13. The average Bonchev–Trinajstić information content (AvgIpc) is 3.72. The quantitative estimate of drug-likeness (QED) is 0.201. The summed E-state index contributed by atoms with van der Waals surface area (Å²) in [5, 5.41) is 3.51. The lowest BCUT2D eigenvalue weighted by Crippen LogP contribution is -2.00. The van der Waals surface area contributed by atoms with Crippen molar-refractivity contribution in [2.45, 2.75) is 0 Å². The lowest BCUT2D eigenvalue weighted by molar-refractivity contribution is 1.08. The second kappa shape index (κ2) is 10.2. The molecule has 0 aliphatic rings. The first kappa shape index (κ1) is 19.9. The normalized spacial score (nSPS) is 13.5. The molecule has 3 nitrogen and oxygen atoms in total. The van der Waals surface area contributed by atoms with Gasteiger partial charge in [-0.15, -0.1) is 22.7 Å². The number of thiophene rings is 2. The number of fused-ring (bicyclic) bond motifs is 6. The molecular formula is C39H23N3S2. The predicted molar refractivity (Wildman–Crippen MR) is 187 cm³/mol. The summed E-state index contributed by atoms with van der Waals surface area (Å²) in [5.41, 5.74) is 2.20. The molecule has 3 aromatic heterocycles. The van der Waals surface area contributed by atoms with Gasteiger partial charge in [-0.1, -0.05) is 109 Å². The zero-order chi connectivity index (χ0) is 34.3. The molecule has 0 saturated heterocycles. The van der Waals surface area contributed by atoms with Crippen molar-refractivity contribution in [1.29, 1.82) is 0 Å². The Kier molecular flexibility index (Phi) is 4.60. The van der Waals surface area contributed by atoms with E-state index in [2.05, 4.69) is 0 Å². The molecule has 206 valence electrons. The smallest absolute Gasteiger partial charge is 0.165 e. The van der Waals surface area contributed by atoms with Gasteiger partial charge >= 0.3 is 0 Å². The highest BCUT2D eigenvalue weighted by atomic mass is 32.1. The first-order valence-corrected chi connectivity index (χ1v) is 15.7. The third-order valence-corrected chi connectivity index (χ3v) is 10.1. The summed E-state index contributed by atoms with van der Waals surface area (Å²) in [5.74, 6) is 0.638. The van der Waals surface area contributed by atoms with Crippen LogP contribution in [0.1, 0.15) is 8.22 Å². The van der Waals surface area contributed by atoms with Gasteiger partial charge in [-0.05, 0) is 41.4 Å². The van der Waals surface area contributed by atoms with Gasteiger partial charge in [-0.2, -0.15) is 0 Å². The molecule has 44 heavy (non-hydrogen) atoms. The predicted octanol–water partition coefficient (Wildman–Crippen LogP) is 11.3. The van der Waals surface area contributed by atoms with Crippen LogP contribution in [0.15, 0.2) is 139 Å². The van der Waals surface area contributed by atoms with Crippen LogP contribution in [0.25, 0.3) is 85.6 Å². The highest BCUT2D eigenvalue weighted by molar-refractivity contribution is 7.26. The molecule has 0 aliphatic heterocycles. The molecule has 0 atom stereocenters. The van der Waals surface area contributed by atoms with Gasteiger partial charge in [0.1, 0.15) is 0 Å². The zero-order valence-corrected chi connectivity index (χ0v) is 24.6. The second-order valence-corrected chi connectivity index (χ2v) is 12.4. The van der Waals surface area contributed by atoms with Crippen LogP contribution in [0.2, 0.25) is 0 Å². The number of hydrogen-bond donors (Lipinski definition) is 0. The Morgan fingerprint density at radius 1 is 0.432 bits per heavy atom. The minimum Gasteiger partial charge on any atom is -0.208 e. The third-order valence-electron chi connectivity index (χ3n) is 7.66. The van der Waals surface area contributed by atoms with Gasteiger partial charge in [0.05, 0.1) is 8.22 Å². The van der Waals surface area contributed by atoms with E-state index < -0.39 is 0 Å². The standard InChI is InChI=1S/C39H23N3S2/c1-2-11-24(12-3-1)25-13-8-14-26(23-25)37-40-38(31-19-9-17-29-27-15-4-6-21-33(27)43-35(29)31)42-39(41-37)32-20-10-18-30-28-16-5-7-22-34(28)44-36(30)32/h1-23H/i8D,13D,14D,17D,18D,23D. The minimum absolute atomic E-state index is 0.0316. The summed E-state index contributed by atoms with van der Waals surface area (Å²) in [4.78, 5) is 14.9. The first-order chi connectivity index (χ1) is 24.3. The van der Waals surface area contributed by atoms with Crippen molar-refractivity contribution in [2.24, 2.45) is 0 Å². The maximum absolute atomic E-state index is 9.35. The SMILES string of the molecule is [2H]c1c([2H])c(-c2ccccc2)c([2H])c(-c2nc(-c3ccc([2H])c4c3sc3ccccc34)nc(-c3ccc([2H])c4c3sc3ccccc34)n2)c1[2H]. The number of rotatable bonds is 4. The fraction of sp³-hybridized carbons (Fsp3) is 0. The Hall–Kier alpha value is -5.23. The molecule has 0 N–H and O–H groups in total. The summed E-state index contributed by atoms with van der Waals surface area (Å²) in [6, 6.07) is 31.8. The molecular weight excluding hydrogens is 575 g/mol. The fourth-order valence-corrected chi connectivity index (χ4v) is 7.98.